The number of hydrogen-bond donors (Lipinski definition) is 0. The lowest BCUT2D eigenvalue weighted by Gasteiger charge is -2.11. The van der Waals surface area contributed by atoms with E-state index in [0.717, 1.165) is 0 Å². The Balaban J connectivity index is 2.40. The normalized spacial score (nSPS) is 10.4. The SMILES string of the molecule is CC(=O)N(C)c1cn(-c2cnc(C)nc2)nc1Cl. The zero-order valence-corrected chi connectivity index (χ0v) is 11.0. The molecule has 94 valence electrons. The average molecular weight is 266 g/mol. The third-order valence-electron chi connectivity index (χ3n) is 2.52. The fraction of sp³-hybridized carbons (Fsp3) is 0.273. The fourth-order valence-electron chi connectivity index (χ4n) is 1.37. The van der Waals surface area contributed by atoms with Gasteiger partial charge in [-0.2, -0.15) is 5.10 Å². The Morgan fingerprint density at radius 3 is 2.56 bits per heavy atom. The van der Waals surface area contributed by atoms with Crippen molar-refractivity contribution in [2.45, 2.75) is 13.8 Å². The summed E-state index contributed by atoms with van der Waals surface area (Å²) >= 11 is 6.00. The molecular formula is C11H12ClN5O. The van der Waals surface area contributed by atoms with Crippen LogP contribution in [0.25, 0.3) is 5.69 Å². The van der Waals surface area contributed by atoms with Crippen molar-refractivity contribution in [2.24, 2.45) is 0 Å². The van der Waals surface area contributed by atoms with E-state index in [9.17, 15) is 4.79 Å². The van der Waals surface area contributed by atoms with Crippen LogP contribution in [0.1, 0.15) is 12.7 Å². The molecule has 0 radical (unpaired) electrons. The minimum Gasteiger partial charge on any atom is -0.312 e. The highest BCUT2D eigenvalue weighted by Crippen LogP contribution is 2.24. The molecule has 2 aromatic rings. The van der Waals surface area contributed by atoms with Gasteiger partial charge in [-0.1, -0.05) is 11.6 Å². The number of rotatable bonds is 2. The third kappa shape index (κ3) is 2.33. The van der Waals surface area contributed by atoms with Crippen molar-refractivity contribution in [1.29, 1.82) is 0 Å². The molecule has 0 bridgehead atoms. The third-order valence-corrected chi connectivity index (χ3v) is 2.79. The van der Waals surface area contributed by atoms with E-state index in [4.69, 9.17) is 11.6 Å². The van der Waals surface area contributed by atoms with Gasteiger partial charge >= 0.3 is 0 Å². The second kappa shape index (κ2) is 4.73. The predicted molar refractivity (Wildman–Crippen MR) is 68.0 cm³/mol. The molecule has 1 amide bonds. The van der Waals surface area contributed by atoms with Crippen molar-refractivity contribution in [3.05, 3.63) is 29.6 Å². The fourth-order valence-corrected chi connectivity index (χ4v) is 1.63. The summed E-state index contributed by atoms with van der Waals surface area (Å²) in [6.45, 7) is 3.26. The van der Waals surface area contributed by atoms with Gasteiger partial charge in [-0.15, -0.1) is 0 Å². The molecular weight excluding hydrogens is 254 g/mol. The van der Waals surface area contributed by atoms with Gasteiger partial charge < -0.3 is 4.90 Å². The first kappa shape index (κ1) is 12.5. The quantitative estimate of drug-likeness (QED) is 0.827. The number of hydrogen-bond acceptors (Lipinski definition) is 4. The van der Waals surface area contributed by atoms with Gasteiger partial charge in [0.25, 0.3) is 0 Å². The van der Waals surface area contributed by atoms with Crippen LogP contribution in [0.5, 0.6) is 0 Å². The summed E-state index contributed by atoms with van der Waals surface area (Å²) in [5.74, 6) is 0.565. The summed E-state index contributed by atoms with van der Waals surface area (Å²) in [4.78, 5) is 20.9. The molecule has 0 saturated heterocycles. The minimum absolute atomic E-state index is 0.114. The lowest BCUT2D eigenvalue weighted by atomic mass is 10.4. The molecule has 7 heteroatoms. The van der Waals surface area contributed by atoms with E-state index in [1.807, 2.05) is 0 Å². The molecule has 0 aliphatic rings. The van der Waals surface area contributed by atoms with E-state index in [0.29, 0.717) is 17.2 Å². The number of nitrogens with zero attached hydrogens (tertiary/aromatic N) is 5. The van der Waals surface area contributed by atoms with Gasteiger partial charge in [0.05, 0.1) is 18.6 Å². The summed E-state index contributed by atoms with van der Waals surface area (Å²) in [5, 5.41) is 4.38. The number of anilines is 1. The Hall–Kier alpha value is -1.95. The van der Waals surface area contributed by atoms with Gasteiger partial charge in [0.2, 0.25) is 5.91 Å². The number of amides is 1. The molecule has 18 heavy (non-hydrogen) atoms. The smallest absolute Gasteiger partial charge is 0.223 e. The standard InChI is InChI=1S/C11H12ClN5O/c1-7-13-4-9(5-14-7)17-6-10(11(12)15-17)16(3)8(2)18/h4-6H,1-3H3. The van der Waals surface area contributed by atoms with E-state index >= 15 is 0 Å². The van der Waals surface area contributed by atoms with Gasteiger partial charge in [0.1, 0.15) is 17.2 Å². The van der Waals surface area contributed by atoms with Gasteiger partial charge in [0, 0.05) is 14.0 Å². The number of carbonyl (C=O) groups excluding carboxylic acids is 1. The Kier molecular flexibility index (Phi) is 3.29. The molecule has 0 aliphatic carbocycles. The first-order valence-corrected chi connectivity index (χ1v) is 5.65. The molecule has 2 rings (SSSR count). The second-order valence-electron chi connectivity index (χ2n) is 3.82. The summed E-state index contributed by atoms with van der Waals surface area (Å²) in [6.07, 6.45) is 4.95. The highest BCUT2D eigenvalue weighted by molar-refractivity contribution is 6.32. The molecule has 0 N–H and O–H groups in total. The Morgan fingerprint density at radius 1 is 1.39 bits per heavy atom. The summed E-state index contributed by atoms with van der Waals surface area (Å²) in [6, 6.07) is 0. The zero-order chi connectivity index (χ0) is 13.3. The molecule has 2 aromatic heterocycles. The van der Waals surface area contributed by atoms with E-state index < -0.39 is 0 Å². The maximum atomic E-state index is 11.3. The van der Waals surface area contributed by atoms with Crippen LogP contribution in [0.2, 0.25) is 5.15 Å². The van der Waals surface area contributed by atoms with Crippen LogP contribution in [0, 0.1) is 6.92 Å². The van der Waals surface area contributed by atoms with Crippen LogP contribution in [0.15, 0.2) is 18.6 Å². The van der Waals surface area contributed by atoms with Crippen molar-refractivity contribution < 1.29 is 4.79 Å². The molecule has 0 atom stereocenters. The zero-order valence-electron chi connectivity index (χ0n) is 10.3. The summed E-state index contributed by atoms with van der Waals surface area (Å²) < 4.78 is 1.54. The second-order valence-corrected chi connectivity index (χ2v) is 4.17. The first-order valence-electron chi connectivity index (χ1n) is 5.27. The van der Waals surface area contributed by atoms with Gasteiger partial charge in [-0.3, -0.25) is 4.79 Å². The van der Waals surface area contributed by atoms with E-state index in [1.54, 1.807) is 32.6 Å². The Morgan fingerprint density at radius 2 is 2.00 bits per heavy atom. The summed E-state index contributed by atoms with van der Waals surface area (Å²) in [5.41, 5.74) is 1.23. The van der Waals surface area contributed by atoms with Crippen LogP contribution < -0.4 is 4.90 Å². The van der Waals surface area contributed by atoms with Gasteiger partial charge in [0.15, 0.2) is 5.15 Å². The number of aryl methyl sites for hydroxylation is 1. The molecule has 0 unspecified atom stereocenters. The van der Waals surface area contributed by atoms with Crippen molar-refractivity contribution in [2.75, 3.05) is 11.9 Å². The maximum Gasteiger partial charge on any atom is 0.223 e. The van der Waals surface area contributed by atoms with Gasteiger partial charge in [-0.25, -0.2) is 14.6 Å². The molecule has 0 saturated carbocycles. The lowest BCUT2D eigenvalue weighted by Crippen LogP contribution is -2.22. The van der Waals surface area contributed by atoms with Crippen LogP contribution in [0.3, 0.4) is 0 Å². The Labute approximate surface area is 109 Å². The van der Waals surface area contributed by atoms with Crippen molar-refractivity contribution >= 4 is 23.2 Å². The predicted octanol–water partition coefficient (Wildman–Crippen LogP) is 1.61. The van der Waals surface area contributed by atoms with Crippen molar-refractivity contribution in [1.82, 2.24) is 19.7 Å². The van der Waals surface area contributed by atoms with Crippen LogP contribution >= 0.6 is 11.6 Å². The highest BCUT2D eigenvalue weighted by atomic mass is 35.5. The number of aromatic nitrogens is 4. The minimum atomic E-state index is -0.114. The molecule has 0 aromatic carbocycles. The Bertz CT molecular complexity index is 578. The van der Waals surface area contributed by atoms with Crippen molar-refractivity contribution in [3.8, 4) is 5.69 Å². The highest BCUT2D eigenvalue weighted by Gasteiger charge is 2.15. The molecule has 0 fully saturated rings. The average Bonchev–Trinajstić information content (AvgIpc) is 2.71. The topological polar surface area (TPSA) is 63.9 Å². The first-order chi connectivity index (χ1) is 8.49. The van der Waals surface area contributed by atoms with Crippen LogP contribution in [-0.4, -0.2) is 32.7 Å². The number of carbonyl (C=O) groups is 1. The monoisotopic (exact) mass is 265 g/mol. The molecule has 0 aliphatic heterocycles. The molecule has 0 spiro atoms. The van der Waals surface area contributed by atoms with Crippen LogP contribution in [0.4, 0.5) is 5.69 Å². The molecule has 6 nitrogen and oxygen atoms in total. The largest absolute Gasteiger partial charge is 0.312 e. The lowest BCUT2D eigenvalue weighted by molar-refractivity contribution is -0.116. The van der Waals surface area contributed by atoms with E-state index in [2.05, 4.69) is 15.1 Å². The summed E-state index contributed by atoms with van der Waals surface area (Å²) in [7, 11) is 1.64. The maximum absolute atomic E-state index is 11.3. The van der Waals surface area contributed by atoms with Crippen LogP contribution in [-0.2, 0) is 4.79 Å². The van der Waals surface area contributed by atoms with Crippen molar-refractivity contribution in [3.63, 3.8) is 0 Å². The van der Waals surface area contributed by atoms with Gasteiger partial charge in [-0.05, 0) is 6.92 Å². The number of halogens is 1. The van der Waals surface area contributed by atoms with E-state index in [-0.39, 0.29) is 11.1 Å². The molecule has 2 heterocycles. The van der Waals surface area contributed by atoms with E-state index in [1.165, 1.54) is 16.5 Å².